The van der Waals surface area contributed by atoms with Crippen LogP contribution in [0.15, 0.2) is 35.7 Å². The van der Waals surface area contributed by atoms with Gasteiger partial charge in [0.05, 0.1) is 24.6 Å². The number of hydrogen-bond acceptors (Lipinski definition) is 7. The molecule has 124 valence electrons. The van der Waals surface area contributed by atoms with Gasteiger partial charge in [-0.1, -0.05) is 0 Å². The second-order valence-electron chi connectivity index (χ2n) is 4.73. The normalized spacial score (nSPS) is 12.8. The molecule has 0 aliphatic carbocycles. The van der Waals surface area contributed by atoms with Gasteiger partial charge in [0.1, 0.15) is 18.4 Å². The predicted molar refractivity (Wildman–Crippen MR) is 79.5 cm³/mol. The Morgan fingerprint density at radius 3 is 2.78 bits per heavy atom. The van der Waals surface area contributed by atoms with Crippen molar-refractivity contribution in [2.24, 2.45) is 0 Å². The van der Waals surface area contributed by atoms with Crippen LogP contribution in [0.1, 0.15) is 6.92 Å². The predicted octanol–water partition coefficient (Wildman–Crippen LogP) is 0.562. The molecule has 0 bridgehead atoms. The highest BCUT2D eigenvalue weighted by atomic mass is 32.2. The fourth-order valence-electron chi connectivity index (χ4n) is 1.97. The summed E-state index contributed by atoms with van der Waals surface area (Å²) >= 11 is 0. The largest absolute Gasteiger partial charge is 0.497 e. The molecule has 2 aromatic rings. The number of nitrogens with one attached hydrogen (secondary N) is 1. The molecule has 1 heterocycles. The van der Waals surface area contributed by atoms with Crippen LogP contribution in [0.3, 0.4) is 0 Å². The van der Waals surface area contributed by atoms with Crippen molar-refractivity contribution in [3.63, 3.8) is 0 Å². The first-order chi connectivity index (χ1) is 10.8. The van der Waals surface area contributed by atoms with Gasteiger partial charge in [0.2, 0.25) is 10.0 Å². The van der Waals surface area contributed by atoms with E-state index in [4.69, 9.17) is 4.74 Å². The standard InChI is InChI=1S/C12H15N5O5S/c1-9(6-16-8-13-7-14-16)15-23(20,21)12-4-3-10(22-2)5-11(12)17(18)19/h3-5,7-9,15H,6H2,1-2H3/t9-/m1/s1. The lowest BCUT2D eigenvalue weighted by Crippen LogP contribution is -2.36. The molecule has 1 N–H and O–H groups in total. The lowest BCUT2D eigenvalue weighted by atomic mass is 10.3. The fraction of sp³-hybridized carbons (Fsp3) is 0.333. The van der Waals surface area contributed by atoms with Crippen LogP contribution in [-0.4, -0.2) is 41.3 Å². The Morgan fingerprint density at radius 2 is 2.22 bits per heavy atom. The summed E-state index contributed by atoms with van der Waals surface area (Å²) in [5, 5.41) is 15.0. The topological polar surface area (TPSA) is 129 Å². The van der Waals surface area contributed by atoms with E-state index in [0.29, 0.717) is 0 Å². The molecular weight excluding hydrogens is 326 g/mol. The van der Waals surface area contributed by atoms with E-state index in [2.05, 4.69) is 14.8 Å². The van der Waals surface area contributed by atoms with Crippen molar-refractivity contribution in [3.8, 4) is 5.75 Å². The second kappa shape index (κ2) is 6.71. The molecule has 0 fully saturated rings. The number of sulfonamides is 1. The molecule has 0 amide bonds. The summed E-state index contributed by atoms with van der Waals surface area (Å²) in [6, 6.07) is 3.02. The van der Waals surface area contributed by atoms with Gasteiger partial charge in [-0.05, 0) is 19.1 Å². The lowest BCUT2D eigenvalue weighted by Gasteiger charge is -2.14. The molecule has 0 unspecified atom stereocenters. The highest BCUT2D eigenvalue weighted by Gasteiger charge is 2.27. The maximum absolute atomic E-state index is 12.4. The molecule has 10 nitrogen and oxygen atoms in total. The molecule has 0 spiro atoms. The number of benzene rings is 1. The minimum Gasteiger partial charge on any atom is -0.497 e. The number of ether oxygens (including phenoxy) is 1. The van der Waals surface area contributed by atoms with Crippen molar-refractivity contribution in [2.45, 2.75) is 24.4 Å². The molecule has 11 heteroatoms. The number of hydrogen-bond donors (Lipinski definition) is 1. The second-order valence-corrected chi connectivity index (χ2v) is 6.41. The van der Waals surface area contributed by atoms with Gasteiger partial charge in [0, 0.05) is 6.04 Å². The van der Waals surface area contributed by atoms with E-state index in [-0.39, 0.29) is 12.3 Å². The first-order valence-corrected chi connectivity index (χ1v) is 7.99. The molecule has 23 heavy (non-hydrogen) atoms. The van der Waals surface area contributed by atoms with E-state index in [1.54, 1.807) is 6.92 Å². The summed E-state index contributed by atoms with van der Waals surface area (Å²) in [7, 11) is -2.73. The van der Waals surface area contributed by atoms with Crippen molar-refractivity contribution in [2.75, 3.05) is 7.11 Å². The summed E-state index contributed by atoms with van der Waals surface area (Å²) < 4.78 is 33.5. The summed E-state index contributed by atoms with van der Waals surface area (Å²) in [5.41, 5.74) is -0.551. The van der Waals surface area contributed by atoms with Gasteiger partial charge in [-0.25, -0.2) is 18.1 Å². The molecular formula is C12H15N5O5S. The third-order valence-electron chi connectivity index (χ3n) is 2.94. The monoisotopic (exact) mass is 341 g/mol. The summed E-state index contributed by atoms with van der Waals surface area (Å²) in [6.45, 7) is 1.86. The zero-order valence-corrected chi connectivity index (χ0v) is 13.2. The number of nitro benzene ring substituents is 1. The van der Waals surface area contributed by atoms with E-state index in [9.17, 15) is 18.5 Å². The van der Waals surface area contributed by atoms with E-state index >= 15 is 0 Å². The van der Waals surface area contributed by atoms with Crippen LogP contribution in [-0.2, 0) is 16.6 Å². The van der Waals surface area contributed by atoms with Crippen LogP contribution >= 0.6 is 0 Å². The van der Waals surface area contributed by atoms with Crippen LogP contribution < -0.4 is 9.46 Å². The highest BCUT2D eigenvalue weighted by Crippen LogP contribution is 2.28. The average molecular weight is 341 g/mol. The quantitative estimate of drug-likeness (QED) is 0.575. The van der Waals surface area contributed by atoms with Crippen LogP contribution in [0.2, 0.25) is 0 Å². The Morgan fingerprint density at radius 1 is 1.48 bits per heavy atom. The number of aromatic nitrogens is 3. The zero-order chi connectivity index (χ0) is 17.0. The molecule has 0 saturated carbocycles. The van der Waals surface area contributed by atoms with Crippen LogP contribution in [0.25, 0.3) is 0 Å². The maximum atomic E-state index is 12.4. The van der Waals surface area contributed by atoms with Gasteiger partial charge in [0.15, 0.2) is 4.90 Å². The van der Waals surface area contributed by atoms with Gasteiger partial charge in [-0.2, -0.15) is 5.10 Å². The SMILES string of the molecule is COc1ccc(S(=O)(=O)N[C@H](C)Cn2cncn2)c([N+](=O)[O-])c1. The smallest absolute Gasteiger partial charge is 0.293 e. The molecule has 2 rings (SSSR count). The Kier molecular flexibility index (Phi) is 4.91. The molecule has 1 atom stereocenters. The summed E-state index contributed by atoms with van der Waals surface area (Å²) in [4.78, 5) is 13.7. The first-order valence-electron chi connectivity index (χ1n) is 6.50. The van der Waals surface area contributed by atoms with Crippen LogP contribution in [0.5, 0.6) is 5.75 Å². The Balaban J connectivity index is 2.26. The molecule has 1 aromatic heterocycles. The van der Waals surface area contributed by atoms with Crippen molar-refractivity contribution >= 4 is 15.7 Å². The highest BCUT2D eigenvalue weighted by molar-refractivity contribution is 7.89. The number of methoxy groups -OCH3 is 1. The van der Waals surface area contributed by atoms with Crippen LogP contribution in [0.4, 0.5) is 5.69 Å². The number of nitrogens with zero attached hydrogens (tertiary/aromatic N) is 4. The summed E-state index contributed by atoms with van der Waals surface area (Å²) in [5.74, 6) is 0.200. The van der Waals surface area contributed by atoms with Crippen molar-refractivity contribution in [1.82, 2.24) is 19.5 Å². The Hall–Kier alpha value is -2.53. The third kappa shape index (κ3) is 4.02. The molecule has 0 aliphatic heterocycles. The molecule has 1 aromatic carbocycles. The van der Waals surface area contributed by atoms with Gasteiger partial charge >= 0.3 is 0 Å². The Bertz CT molecular complexity index is 790. The minimum absolute atomic E-state index is 0.200. The van der Waals surface area contributed by atoms with Gasteiger partial charge < -0.3 is 4.74 Å². The van der Waals surface area contributed by atoms with Crippen molar-refractivity contribution < 1.29 is 18.1 Å². The van der Waals surface area contributed by atoms with E-state index < -0.39 is 31.6 Å². The average Bonchev–Trinajstić information content (AvgIpc) is 2.98. The minimum atomic E-state index is -4.07. The van der Waals surface area contributed by atoms with E-state index in [1.165, 1.54) is 30.5 Å². The molecule has 0 radical (unpaired) electrons. The summed E-state index contributed by atoms with van der Waals surface area (Å²) in [6.07, 6.45) is 2.77. The fourth-order valence-corrected chi connectivity index (χ4v) is 3.35. The van der Waals surface area contributed by atoms with Crippen LogP contribution in [0, 0.1) is 10.1 Å². The van der Waals surface area contributed by atoms with Crippen molar-refractivity contribution in [1.29, 1.82) is 0 Å². The molecule has 0 saturated heterocycles. The third-order valence-corrected chi connectivity index (χ3v) is 4.57. The van der Waals surface area contributed by atoms with Gasteiger partial charge in [0.25, 0.3) is 5.69 Å². The van der Waals surface area contributed by atoms with Gasteiger partial charge in [-0.3, -0.25) is 14.8 Å². The van der Waals surface area contributed by atoms with E-state index in [1.807, 2.05) is 0 Å². The molecule has 0 aliphatic rings. The number of rotatable bonds is 7. The first kappa shape index (κ1) is 16.8. The maximum Gasteiger partial charge on any atom is 0.293 e. The zero-order valence-electron chi connectivity index (χ0n) is 12.4. The lowest BCUT2D eigenvalue weighted by molar-refractivity contribution is -0.387. The Labute approximate surface area is 132 Å². The van der Waals surface area contributed by atoms with E-state index in [0.717, 1.165) is 12.1 Å². The van der Waals surface area contributed by atoms with Crippen molar-refractivity contribution in [3.05, 3.63) is 41.0 Å². The number of nitro groups is 1. The van der Waals surface area contributed by atoms with Gasteiger partial charge in [-0.15, -0.1) is 0 Å².